The van der Waals surface area contributed by atoms with Gasteiger partial charge in [0.25, 0.3) is 0 Å². The molecule has 2 amide bonds. The molecule has 0 heterocycles. The second-order valence-electron chi connectivity index (χ2n) is 7.27. The fourth-order valence-electron chi connectivity index (χ4n) is 3.23. The quantitative estimate of drug-likeness (QED) is 0.732. The van der Waals surface area contributed by atoms with Crippen LogP contribution in [-0.2, 0) is 9.59 Å². The van der Waals surface area contributed by atoms with Crippen LogP contribution in [0.3, 0.4) is 0 Å². The van der Waals surface area contributed by atoms with Gasteiger partial charge in [0.2, 0.25) is 11.8 Å². The second-order valence-corrected chi connectivity index (χ2v) is 7.27. The highest BCUT2D eigenvalue weighted by Crippen LogP contribution is 2.30. The molecule has 142 valence electrons. The zero-order valence-corrected chi connectivity index (χ0v) is 15.9. The van der Waals surface area contributed by atoms with Crippen LogP contribution < -0.4 is 10.6 Å². The summed E-state index contributed by atoms with van der Waals surface area (Å²) in [4.78, 5) is 38.1. The summed E-state index contributed by atoms with van der Waals surface area (Å²) in [5.74, 6) is -0.0389. The van der Waals surface area contributed by atoms with Gasteiger partial charge in [-0.1, -0.05) is 12.1 Å². The lowest BCUT2D eigenvalue weighted by Gasteiger charge is -2.27. The molecule has 1 aromatic rings. The van der Waals surface area contributed by atoms with E-state index in [4.69, 9.17) is 0 Å². The van der Waals surface area contributed by atoms with Gasteiger partial charge in [0, 0.05) is 36.2 Å². The molecule has 1 fully saturated rings. The number of benzene rings is 1. The van der Waals surface area contributed by atoms with Gasteiger partial charge in [0.15, 0.2) is 5.78 Å². The van der Waals surface area contributed by atoms with E-state index >= 15 is 0 Å². The van der Waals surface area contributed by atoms with Crippen LogP contribution in [0.25, 0.3) is 0 Å². The SMILES string of the molecule is CC(=O)c1cccc(NC(=O)C2CCC(C(=O)NCCN(C)C)CC2)c1. The Morgan fingerprint density at radius 2 is 1.65 bits per heavy atom. The number of amides is 2. The first-order chi connectivity index (χ1) is 12.4. The molecule has 2 rings (SSSR count). The minimum Gasteiger partial charge on any atom is -0.355 e. The van der Waals surface area contributed by atoms with Crippen molar-refractivity contribution in [2.24, 2.45) is 11.8 Å². The van der Waals surface area contributed by atoms with Crippen LogP contribution in [0.2, 0.25) is 0 Å². The van der Waals surface area contributed by atoms with Gasteiger partial charge in [-0.15, -0.1) is 0 Å². The number of anilines is 1. The van der Waals surface area contributed by atoms with Crippen molar-refractivity contribution in [2.45, 2.75) is 32.6 Å². The zero-order valence-electron chi connectivity index (χ0n) is 15.9. The lowest BCUT2D eigenvalue weighted by Crippen LogP contribution is -2.38. The van der Waals surface area contributed by atoms with E-state index in [9.17, 15) is 14.4 Å². The summed E-state index contributed by atoms with van der Waals surface area (Å²) in [6, 6.07) is 6.98. The summed E-state index contributed by atoms with van der Waals surface area (Å²) in [6.45, 7) is 2.98. The van der Waals surface area contributed by atoms with E-state index < -0.39 is 0 Å². The van der Waals surface area contributed by atoms with Gasteiger partial charge in [-0.3, -0.25) is 14.4 Å². The van der Waals surface area contributed by atoms with Crippen molar-refractivity contribution in [2.75, 3.05) is 32.5 Å². The molecule has 1 saturated carbocycles. The van der Waals surface area contributed by atoms with Crippen LogP contribution in [0.4, 0.5) is 5.69 Å². The minimum atomic E-state index is -0.0817. The molecule has 0 radical (unpaired) electrons. The number of rotatable bonds is 7. The molecule has 2 N–H and O–H groups in total. The van der Waals surface area contributed by atoms with Crippen LogP contribution in [0.15, 0.2) is 24.3 Å². The first-order valence-corrected chi connectivity index (χ1v) is 9.21. The molecule has 6 nitrogen and oxygen atoms in total. The van der Waals surface area contributed by atoms with Crippen molar-refractivity contribution in [1.82, 2.24) is 10.2 Å². The third kappa shape index (κ3) is 5.95. The van der Waals surface area contributed by atoms with Gasteiger partial charge in [0.05, 0.1) is 0 Å². The van der Waals surface area contributed by atoms with Crippen molar-refractivity contribution in [3.8, 4) is 0 Å². The highest BCUT2D eigenvalue weighted by Gasteiger charge is 2.29. The van der Waals surface area contributed by atoms with Crippen molar-refractivity contribution >= 4 is 23.3 Å². The fourth-order valence-corrected chi connectivity index (χ4v) is 3.23. The molecular weight excluding hydrogens is 330 g/mol. The van der Waals surface area contributed by atoms with Crippen molar-refractivity contribution in [3.63, 3.8) is 0 Å². The standard InChI is InChI=1S/C20H29N3O3/c1-14(24)17-5-4-6-18(13-17)22-20(26)16-9-7-15(8-10-16)19(25)21-11-12-23(2)3/h4-6,13,15-16H,7-12H2,1-3H3,(H,21,25)(H,22,26). The van der Waals surface area contributed by atoms with E-state index in [-0.39, 0.29) is 29.4 Å². The molecule has 0 atom stereocenters. The van der Waals surface area contributed by atoms with Gasteiger partial charge in [-0.25, -0.2) is 0 Å². The predicted molar refractivity (Wildman–Crippen MR) is 102 cm³/mol. The average Bonchev–Trinajstić information content (AvgIpc) is 2.61. The van der Waals surface area contributed by atoms with Crippen molar-refractivity contribution in [1.29, 1.82) is 0 Å². The van der Waals surface area contributed by atoms with Gasteiger partial charge in [0.1, 0.15) is 0 Å². The number of nitrogens with zero attached hydrogens (tertiary/aromatic N) is 1. The van der Waals surface area contributed by atoms with Crippen LogP contribution >= 0.6 is 0 Å². The second kappa shape index (κ2) is 9.48. The molecule has 0 bridgehead atoms. The molecule has 1 aliphatic carbocycles. The van der Waals surface area contributed by atoms with Gasteiger partial charge < -0.3 is 15.5 Å². The maximum absolute atomic E-state index is 12.5. The lowest BCUT2D eigenvalue weighted by atomic mass is 9.81. The highest BCUT2D eigenvalue weighted by molar-refractivity contribution is 5.97. The number of hydrogen-bond acceptors (Lipinski definition) is 4. The van der Waals surface area contributed by atoms with Gasteiger partial charge >= 0.3 is 0 Å². The van der Waals surface area contributed by atoms with Crippen LogP contribution in [0.5, 0.6) is 0 Å². The van der Waals surface area contributed by atoms with E-state index in [1.807, 2.05) is 19.0 Å². The Labute approximate surface area is 155 Å². The highest BCUT2D eigenvalue weighted by atomic mass is 16.2. The van der Waals surface area contributed by atoms with E-state index in [0.29, 0.717) is 30.6 Å². The summed E-state index contributed by atoms with van der Waals surface area (Å²) < 4.78 is 0. The smallest absolute Gasteiger partial charge is 0.227 e. The first kappa shape index (κ1) is 20.1. The summed E-state index contributed by atoms with van der Waals surface area (Å²) in [5.41, 5.74) is 1.23. The Hall–Kier alpha value is -2.21. The summed E-state index contributed by atoms with van der Waals surface area (Å²) in [7, 11) is 3.95. The van der Waals surface area contributed by atoms with Gasteiger partial charge in [-0.05, 0) is 58.8 Å². The topological polar surface area (TPSA) is 78.5 Å². The molecule has 0 unspecified atom stereocenters. The summed E-state index contributed by atoms with van der Waals surface area (Å²) in [5, 5.41) is 5.87. The number of nitrogens with one attached hydrogen (secondary N) is 2. The normalized spacial score (nSPS) is 19.8. The van der Waals surface area contributed by atoms with Crippen molar-refractivity contribution < 1.29 is 14.4 Å². The zero-order chi connectivity index (χ0) is 19.1. The Kier molecular flexibility index (Phi) is 7.33. The van der Waals surface area contributed by atoms with Crippen LogP contribution in [-0.4, -0.2) is 49.7 Å². The average molecular weight is 359 g/mol. The minimum absolute atomic E-state index is 0.00209. The molecule has 26 heavy (non-hydrogen) atoms. The van der Waals surface area contributed by atoms with E-state index in [1.54, 1.807) is 24.3 Å². The lowest BCUT2D eigenvalue weighted by molar-refractivity contribution is -0.128. The van der Waals surface area contributed by atoms with Crippen molar-refractivity contribution in [3.05, 3.63) is 29.8 Å². The predicted octanol–water partition coefficient (Wildman–Crippen LogP) is 2.31. The molecule has 0 saturated heterocycles. The number of ketones is 1. The maximum Gasteiger partial charge on any atom is 0.227 e. The third-order valence-corrected chi connectivity index (χ3v) is 4.86. The summed E-state index contributed by atoms with van der Waals surface area (Å²) in [6.07, 6.45) is 2.90. The Balaban J connectivity index is 1.80. The fraction of sp³-hybridized carbons (Fsp3) is 0.550. The number of likely N-dealkylation sites (N-methyl/N-ethyl adjacent to an activating group) is 1. The van der Waals surface area contributed by atoms with E-state index in [1.165, 1.54) is 6.92 Å². The summed E-state index contributed by atoms with van der Waals surface area (Å²) >= 11 is 0. The van der Waals surface area contributed by atoms with E-state index in [0.717, 1.165) is 19.4 Å². The molecule has 0 aliphatic heterocycles. The molecule has 0 aromatic heterocycles. The largest absolute Gasteiger partial charge is 0.355 e. The van der Waals surface area contributed by atoms with Crippen LogP contribution in [0, 0.1) is 11.8 Å². The number of carbonyl (C=O) groups excluding carboxylic acids is 3. The first-order valence-electron chi connectivity index (χ1n) is 9.21. The Bertz CT molecular complexity index is 649. The Morgan fingerprint density at radius 3 is 2.23 bits per heavy atom. The molecular formula is C20H29N3O3. The number of Topliss-reactive ketones (excluding diaryl/α,β-unsaturated/α-hetero) is 1. The van der Waals surface area contributed by atoms with Crippen LogP contribution in [0.1, 0.15) is 43.0 Å². The van der Waals surface area contributed by atoms with E-state index in [2.05, 4.69) is 10.6 Å². The third-order valence-electron chi connectivity index (χ3n) is 4.86. The molecule has 1 aromatic carbocycles. The monoisotopic (exact) mass is 359 g/mol. The maximum atomic E-state index is 12.5. The molecule has 1 aliphatic rings. The molecule has 6 heteroatoms. The molecule has 0 spiro atoms. The number of hydrogen-bond donors (Lipinski definition) is 2. The number of carbonyl (C=O) groups is 3. The Morgan fingerprint density at radius 1 is 1.04 bits per heavy atom. The van der Waals surface area contributed by atoms with Gasteiger partial charge in [-0.2, -0.15) is 0 Å².